The molecule has 134 valence electrons. The molecule has 0 heterocycles. The minimum absolute atomic E-state index is 0.208. The highest BCUT2D eigenvalue weighted by Crippen LogP contribution is 2.58. The summed E-state index contributed by atoms with van der Waals surface area (Å²) in [5.74, 6) is 0.946. The average Bonchev–Trinajstić information content (AvgIpc) is 2.87. The van der Waals surface area contributed by atoms with Crippen molar-refractivity contribution in [1.29, 1.82) is 0 Å². The Hall–Kier alpha value is -0.900. The maximum atomic E-state index is 10.2. The van der Waals surface area contributed by atoms with Gasteiger partial charge in [-0.2, -0.15) is 0 Å². The van der Waals surface area contributed by atoms with Crippen LogP contribution in [0, 0.1) is 17.3 Å². The molecule has 3 aliphatic carbocycles. The molecule has 0 spiro atoms. The minimum atomic E-state index is -0.624. The number of rotatable bonds is 2. The molecule has 3 saturated carbocycles. The van der Waals surface area contributed by atoms with E-state index in [-0.39, 0.29) is 11.5 Å². The van der Waals surface area contributed by atoms with Gasteiger partial charge in [-0.25, -0.2) is 0 Å². The van der Waals surface area contributed by atoms with Crippen molar-refractivity contribution in [2.45, 2.75) is 77.1 Å². The zero-order valence-corrected chi connectivity index (χ0v) is 15.0. The van der Waals surface area contributed by atoms with E-state index in [4.69, 9.17) is 0 Å². The summed E-state index contributed by atoms with van der Waals surface area (Å²) in [5.41, 5.74) is 3.41. The van der Waals surface area contributed by atoms with Crippen molar-refractivity contribution in [3.63, 3.8) is 0 Å². The highest BCUT2D eigenvalue weighted by Gasteiger charge is 2.50. The third-order valence-electron chi connectivity index (χ3n) is 6.88. The first kappa shape index (κ1) is 17.9. The summed E-state index contributed by atoms with van der Waals surface area (Å²) in [7, 11) is 0. The maximum absolute atomic E-state index is 10.2. The van der Waals surface area contributed by atoms with Crippen molar-refractivity contribution in [1.82, 2.24) is 0 Å². The molecule has 3 rings (SSSR count). The summed E-state index contributed by atoms with van der Waals surface area (Å²) in [4.78, 5) is 0. The maximum Gasteiger partial charge on any atom is 0.0811 e. The average molecular weight is 332 g/mol. The fraction of sp³-hybridized carbons (Fsp3) is 0.714. The molecular weight excluding hydrogens is 300 g/mol. The number of allylic oxidation sites excluding steroid dienone is 3. The van der Waals surface area contributed by atoms with Crippen molar-refractivity contribution in [2.75, 3.05) is 0 Å². The van der Waals surface area contributed by atoms with Gasteiger partial charge in [0.2, 0.25) is 0 Å². The standard InChI is InChI=1S/C21H32O3/c1-13-16(11-17(23)12-20(13)24)7-6-15-5-4-10-21(3)18(14(2)22)8-9-19(15)21/h6-7,14,17-20,22-24H,1,4-5,8-12H2,2-3H3/b15-6+,16-7+/t14-,17+,18+,19-,20-,21+/m0/s1. The lowest BCUT2D eigenvalue weighted by molar-refractivity contribution is 0.0302. The molecule has 3 heteroatoms. The molecule has 0 aromatic carbocycles. The highest BCUT2D eigenvalue weighted by atomic mass is 16.3. The lowest BCUT2D eigenvalue weighted by Gasteiger charge is -2.43. The second-order valence-corrected chi connectivity index (χ2v) is 8.40. The van der Waals surface area contributed by atoms with Gasteiger partial charge in [0.05, 0.1) is 18.3 Å². The Morgan fingerprint density at radius 1 is 1.25 bits per heavy atom. The first-order chi connectivity index (χ1) is 11.3. The topological polar surface area (TPSA) is 60.7 Å². The van der Waals surface area contributed by atoms with Crippen LogP contribution in [0.2, 0.25) is 0 Å². The van der Waals surface area contributed by atoms with Crippen molar-refractivity contribution in [2.24, 2.45) is 17.3 Å². The Balaban J connectivity index is 1.83. The second-order valence-electron chi connectivity index (χ2n) is 8.40. The molecule has 0 unspecified atom stereocenters. The van der Waals surface area contributed by atoms with E-state index in [1.165, 1.54) is 18.4 Å². The van der Waals surface area contributed by atoms with E-state index < -0.39 is 12.2 Å². The Kier molecular flexibility index (Phi) is 5.06. The van der Waals surface area contributed by atoms with Crippen LogP contribution < -0.4 is 0 Å². The molecule has 0 saturated heterocycles. The van der Waals surface area contributed by atoms with Crippen LogP contribution in [0.4, 0.5) is 0 Å². The number of aliphatic hydroxyl groups is 3. The van der Waals surface area contributed by atoms with E-state index in [9.17, 15) is 15.3 Å². The lowest BCUT2D eigenvalue weighted by atomic mass is 9.62. The molecule has 0 aliphatic heterocycles. The molecule has 0 bridgehead atoms. The van der Waals surface area contributed by atoms with Gasteiger partial charge < -0.3 is 15.3 Å². The van der Waals surface area contributed by atoms with Gasteiger partial charge in [0.25, 0.3) is 0 Å². The predicted octanol–water partition coefficient (Wildman–Crippen LogP) is 3.51. The summed E-state index contributed by atoms with van der Waals surface area (Å²) in [5, 5.41) is 30.1. The highest BCUT2D eigenvalue weighted by molar-refractivity contribution is 5.38. The Labute approximate surface area is 145 Å². The van der Waals surface area contributed by atoms with Gasteiger partial charge >= 0.3 is 0 Å². The van der Waals surface area contributed by atoms with Crippen LogP contribution in [0.5, 0.6) is 0 Å². The molecule has 0 aromatic rings. The van der Waals surface area contributed by atoms with Crippen LogP contribution >= 0.6 is 0 Å². The zero-order valence-electron chi connectivity index (χ0n) is 15.0. The first-order valence-electron chi connectivity index (χ1n) is 9.46. The fourth-order valence-electron chi connectivity index (χ4n) is 5.54. The minimum Gasteiger partial charge on any atom is -0.393 e. The van der Waals surface area contributed by atoms with Crippen LogP contribution in [-0.4, -0.2) is 33.6 Å². The molecule has 6 atom stereocenters. The van der Waals surface area contributed by atoms with Crippen LogP contribution in [0.1, 0.15) is 58.8 Å². The second kappa shape index (κ2) is 6.78. The third-order valence-corrected chi connectivity index (χ3v) is 6.88. The molecule has 3 fully saturated rings. The summed E-state index contributed by atoms with van der Waals surface area (Å²) in [6, 6.07) is 0. The van der Waals surface area contributed by atoms with E-state index >= 15 is 0 Å². The van der Waals surface area contributed by atoms with E-state index in [1.807, 2.05) is 6.92 Å². The third kappa shape index (κ3) is 3.14. The summed E-state index contributed by atoms with van der Waals surface area (Å²) >= 11 is 0. The van der Waals surface area contributed by atoms with Crippen LogP contribution in [-0.2, 0) is 0 Å². The van der Waals surface area contributed by atoms with Crippen molar-refractivity contribution in [3.8, 4) is 0 Å². The summed E-state index contributed by atoms with van der Waals surface area (Å²) < 4.78 is 0. The number of hydrogen-bond acceptors (Lipinski definition) is 3. The molecule has 0 aromatic heterocycles. The first-order valence-corrected chi connectivity index (χ1v) is 9.46. The van der Waals surface area contributed by atoms with Gasteiger partial charge in [-0.3, -0.25) is 0 Å². The number of fused-ring (bicyclic) bond motifs is 1. The van der Waals surface area contributed by atoms with Crippen LogP contribution in [0.15, 0.2) is 35.5 Å². The smallest absolute Gasteiger partial charge is 0.0811 e. The zero-order chi connectivity index (χ0) is 17.5. The monoisotopic (exact) mass is 332 g/mol. The van der Waals surface area contributed by atoms with Gasteiger partial charge in [-0.15, -0.1) is 0 Å². The molecular formula is C21H32O3. The van der Waals surface area contributed by atoms with Crippen molar-refractivity contribution in [3.05, 3.63) is 35.5 Å². The molecule has 3 N–H and O–H groups in total. The van der Waals surface area contributed by atoms with E-state index in [0.717, 1.165) is 30.4 Å². The normalized spacial score (nSPS) is 44.8. The van der Waals surface area contributed by atoms with Gasteiger partial charge in [0, 0.05) is 6.42 Å². The van der Waals surface area contributed by atoms with Crippen LogP contribution in [0.25, 0.3) is 0 Å². The van der Waals surface area contributed by atoms with Gasteiger partial charge in [-0.05, 0) is 73.8 Å². The Bertz CT molecular complexity index is 559. The Morgan fingerprint density at radius 2 is 2.00 bits per heavy atom. The quantitative estimate of drug-likeness (QED) is 0.725. The molecule has 3 nitrogen and oxygen atoms in total. The molecule has 0 radical (unpaired) electrons. The molecule has 24 heavy (non-hydrogen) atoms. The van der Waals surface area contributed by atoms with E-state index in [0.29, 0.717) is 24.7 Å². The number of hydrogen-bond donors (Lipinski definition) is 3. The SMILES string of the molecule is C=C1/C(=C/C=C2\CCC[C@]3(C)[C@@H]([C@H](C)O)CC[C@@H]23)C[C@@H](O)C[C@@H]1O. The lowest BCUT2D eigenvalue weighted by Crippen LogP contribution is -2.37. The van der Waals surface area contributed by atoms with Crippen molar-refractivity contribution >= 4 is 0 Å². The van der Waals surface area contributed by atoms with E-state index in [1.54, 1.807) is 0 Å². The fourth-order valence-corrected chi connectivity index (χ4v) is 5.54. The van der Waals surface area contributed by atoms with Gasteiger partial charge in [-0.1, -0.05) is 31.2 Å². The van der Waals surface area contributed by atoms with Gasteiger partial charge in [0.15, 0.2) is 0 Å². The Morgan fingerprint density at radius 3 is 2.71 bits per heavy atom. The summed E-state index contributed by atoms with van der Waals surface area (Å²) in [6.45, 7) is 8.29. The van der Waals surface area contributed by atoms with E-state index in [2.05, 4.69) is 25.7 Å². The van der Waals surface area contributed by atoms with Crippen LogP contribution in [0.3, 0.4) is 0 Å². The van der Waals surface area contributed by atoms with Crippen molar-refractivity contribution < 1.29 is 15.3 Å². The number of aliphatic hydroxyl groups excluding tert-OH is 3. The largest absolute Gasteiger partial charge is 0.393 e. The molecule has 0 amide bonds. The molecule has 3 aliphatic rings. The summed E-state index contributed by atoms with van der Waals surface area (Å²) in [6.07, 6.45) is 9.70. The van der Waals surface area contributed by atoms with Gasteiger partial charge in [0.1, 0.15) is 0 Å². The predicted molar refractivity (Wildman–Crippen MR) is 96.4 cm³/mol.